The van der Waals surface area contributed by atoms with Gasteiger partial charge in [-0.05, 0) is 59.7 Å². The molecule has 176 valence electrons. The summed E-state index contributed by atoms with van der Waals surface area (Å²) in [4.78, 5) is 15.6. The number of carbonyl (C=O) groups excluding carboxylic acids is 1. The SMILES string of the molecule is COc1ccc(N2C(=O)C3NNC(c4cccc(OC)c4)C3C2c2ccc(O)c(OC)c2)cc1. The molecular formula is C26H27N3O5. The summed E-state index contributed by atoms with van der Waals surface area (Å²) < 4.78 is 16.1. The van der Waals surface area contributed by atoms with Crippen molar-refractivity contribution in [3.05, 3.63) is 77.9 Å². The van der Waals surface area contributed by atoms with Gasteiger partial charge in [0.15, 0.2) is 11.5 Å². The molecule has 34 heavy (non-hydrogen) atoms. The van der Waals surface area contributed by atoms with Gasteiger partial charge in [0.2, 0.25) is 5.91 Å². The Morgan fingerprint density at radius 2 is 1.53 bits per heavy atom. The Hall–Kier alpha value is -3.75. The molecule has 2 saturated heterocycles. The van der Waals surface area contributed by atoms with Gasteiger partial charge in [-0.15, -0.1) is 0 Å². The molecule has 0 radical (unpaired) electrons. The van der Waals surface area contributed by atoms with E-state index in [-0.39, 0.29) is 29.7 Å². The number of methoxy groups -OCH3 is 3. The number of fused-ring (bicyclic) bond motifs is 1. The highest BCUT2D eigenvalue weighted by Crippen LogP contribution is 2.50. The minimum absolute atomic E-state index is 0.0369. The number of rotatable bonds is 6. The summed E-state index contributed by atoms with van der Waals surface area (Å²) in [7, 11) is 4.76. The third kappa shape index (κ3) is 3.61. The Morgan fingerprint density at radius 1 is 0.794 bits per heavy atom. The molecular weight excluding hydrogens is 434 g/mol. The fourth-order valence-electron chi connectivity index (χ4n) is 5.04. The lowest BCUT2D eigenvalue weighted by atomic mass is 9.83. The molecule has 3 N–H and O–H groups in total. The molecule has 2 fully saturated rings. The van der Waals surface area contributed by atoms with Gasteiger partial charge in [-0.25, -0.2) is 10.9 Å². The third-order valence-electron chi connectivity index (χ3n) is 6.66. The van der Waals surface area contributed by atoms with Gasteiger partial charge in [-0.3, -0.25) is 4.79 Å². The van der Waals surface area contributed by atoms with E-state index in [0.29, 0.717) is 11.5 Å². The maximum atomic E-state index is 13.7. The molecule has 0 saturated carbocycles. The molecule has 0 aliphatic carbocycles. The van der Waals surface area contributed by atoms with Crippen molar-refractivity contribution in [2.24, 2.45) is 5.92 Å². The van der Waals surface area contributed by atoms with Gasteiger partial charge in [0, 0.05) is 11.6 Å². The fourth-order valence-corrected chi connectivity index (χ4v) is 5.04. The molecule has 2 aliphatic heterocycles. The Balaban J connectivity index is 1.63. The van der Waals surface area contributed by atoms with Crippen LogP contribution in [-0.2, 0) is 4.79 Å². The summed E-state index contributed by atoms with van der Waals surface area (Å²) in [6, 6.07) is 19.6. The molecule has 8 nitrogen and oxygen atoms in total. The molecule has 4 atom stereocenters. The maximum Gasteiger partial charge on any atom is 0.246 e. The number of phenols is 1. The largest absolute Gasteiger partial charge is 0.504 e. The van der Waals surface area contributed by atoms with Gasteiger partial charge < -0.3 is 24.2 Å². The van der Waals surface area contributed by atoms with Crippen LogP contribution in [0.4, 0.5) is 5.69 Å². The fraction of sp³-hybridized carbons (Fsp3) is 0.269. The first kappa shape index (κ1) is 22.1. The molecule has 1 amide bonds. The van der Waals surface area contributed by atoms with Gasteiger partial charge in [0.05, 0.1) is 33.4 Å². The molecule has 2 aliphatic rings. The van der Waals surface area contributed by atoms with E-state index in [2.05, 4.69) is 10.9 Å². The zero-order valence-electron chi connectivity index (χ0n) is 19.2. The van der Waals surface area contributed by atoms with E-state index in [4.69, 9.17) is 14.2 Å². The number of aromatic hydroxyl groups is 1. The van der Waals surface area contributed by atoms with Gasteiger partial charge >= 0.3 is 0 Å². The second-order valence-electron chi connectivity index (χ2n) is 8.38. The highest BCUT2D eigenvalue weighted by atomic mass is 16.5. The van der Waals surface area contributed by atoms with Gasteiger partial charge in [0.25, 0.3) is 0 Å². The Morgan fingerprint density at radius 3 is 2.24 bits per heavy atom. The average molecular weight is 462 g/mol. The molecule has 3 aromatic rings. The minimum atomic E-state index is -0.442. The number of phenolic OH excluding ortho intramolecular Hbond substituents is 1. The molecule has 0 spiro atoms. The molecule has 5 rings (SSSR count). The van der Waals surface area contributed by atoms with E-state index in [1.54, 1.807) is 26.4 Å². The number of amides is 1. The predicted octanol–water partition coefficient (Wildman–Crippen LogP) is 3.34. The van der Waals surface area contributed by atoms with E-state index >= 15 is 0 Å². The highest BCUT2D eigenvalue weighted by Gasteiger charge is 2.56. The van der Waals surface area contributed by atoms with Crippen LogP contribution in [0.5, 0.6) is 23.0 Å². The van der Waals surface area contributed by atoms with Crippen LogP contribution in [0.2, 0.25) is 0 Å². The molecule has 0 bridgehead atoms. The van der Waals surface area contributed by atoms with Crippen molar-refractivity contribution in [1.29, 1.82) is 0 Å². The Labute approximate surface area is 198 Å². The summed E-state index contributed by atoms with van der Waals surface area (Å²) in [5.41, 5.74) is 9.21. The van der Waals surface area contributed by atoms with Crippen molar-refractivity contribution in [3.8, 4) is 23.0 Å². The van der Waals surface area contributed by atoms with Crippen molar-refractivity contribution in [2.45, 2.75) is 18.1 Å². The topological polar surface area (TPSA) is 92.3 Å². The first-order valence-corrected chi connectivity index (χ1v) is 11.0. The van der Waals surface area contributed by atoms with Crippen LogP contribution in [0.15, 0.2) is 66.7 Å². The Kier molecular flexibility index (Phi) is 5.77. The van der Waals surface area contributed by atoms with Gasteiger partial charge in [-0.1, -0.05) is 18.2 Å². The predicted molar refractivity (Wildman–Crippen MR) is 127 cm³/mol. The first-order chi connectivity index (χ1) is 16.5. The van der Waals surface area contributed by atoms with Gasteiger partial charge in [0.1, 0.15) is 17.5 Å². The van der Waals surface area contributed by atoms with E-state index in [1.807, 2.05) is 59.5 Å². The monoisotopic (exact) mass is 461 g/mol. The van der Waals surface area contributed by atoms with Crippen LogP contribution < -0.4 is 30.0 Å². The van der Waals surface area contributed by atoms with Crippen molar-refractivity contribution in [1.82, 2.24) is 10.9 Å². The van der Waals surface area contributed by atoms with E-state index in [0.717, 1.165) is 22.6 Å². The van der Waals surface area contributed by atoms with Crippen LogP contribution in [0.1, 0.15) is 23.2 Å². The number of ether oxygens (including phenoxy) is 3. The molecule has 2 heterocycles. The number of anilines is 1. The summed E-state index contributed by atoms with van der Waals surface area (Å²) >= 11 is 0. The van der Waals surface area contributed by atoms with Gasteiger partial charge in [-0.2, -0.15) is 0 Å². The summed E-state index contributed by atoms with van der Waals surface area (Å²) in [6.45, 7) is 0. The maximum absolute atomic E-state index is 13.7. The number of carbonyl (C=O) groups is 1. The van der Waals surface area contributed by atoms with Crippen LogP contribution in [0, 0.1) is 5.92 Å². The minimum Gasteiger partial charge on any atom is -0.504 e. The average Bonchev–Trinajstić information content (AvgIpc) is 3.43. The van der Waals surface area contributed by atoms with E-state index in [1.165, 1.54) is 7.11 Å². The lowest BCUT2D eigenvalue weighted by Gasteiger charge is -2.31. The van der Waals surface area contributed by atoms with Crippen molar-refractivity contribution >= 4 is 11.6 Å². The van der Waals surface area contributed by atoms with E-state index < -0.39 is 6.04 Å². The second kappa shape index (κ2) is 8.89. The number of nitrogens with zero attached hydrogens (tertiary/aromatic N) is 1. The quantitative estimate of drug-likeness (QED) is 0.519. The van der Waals surface area contributed by atoms with Crippen LogP contribution in [0.3, 0.4) is 0 Å². The lowest BCUT2D eigenvalue weighted by Crippen LogP contribution is -2.41. The third-order valence-corrected chi connectivity index (χ3v) is 6.66. The van der Waals surface area contributed by atoms with Crippen molar-refractivity contribution < 1.29 is 24.1 Å². The zero-order chi connectivity index (χ0) is 23.8. The number of nitrogens with one attached hydrogen (secondary N) is 2. The van der Waals surface area contributed by atoms with Crippen molar-refractivity contribution in [2.75, 3.05) is 26.2 Å². The number of hydrogen-bond donors (Lipinski definition) is 3. The number of hydrogen-bond acceptors (Lipinski definition) is 7. The normalized spacial score (nSPS) is 23.6. The summed E-state index contributed by atoms with van der Waals surface area (Å²) in [5, 5.41) is 10.2. The molecule has 3 aromatic carbocycles. The lowest BCUT2D eigenvalue weighted by molar-refractivity contribution is -0.119. The second-order valence-corrected chi connectivity index (χ2v) is 8.38. The van der Waals surface area contributed by atoms with Crippen LogP contribution in [-0.4, -0.2) is 38.4 Å². The standard InChI is InChI=1S/C26H27N3O5/c1-32-18-10-8-17(9-11-18)29-25(16-7-12-20(30)21(14-16)34-3)22-23(27-28-24(22)26(29)31)15-5-4-6-19(13-15)33-2/h4-14,22-25,27-28,30H,1-3H3. The first-order valence-electron chi connectivity index (χ1n) is 11.0. The van der Waals surface area contributed by atoms with Crippen LogP contribution in [0.25, 0.3) is 0 Å². The highest BCUT2D eigenvalue weighted by molar-refractivity contribution is 6.01. The number of hydrazine groups is 1. The van der Waals surface area contributed by atoms with Crippen molar-refractivity contribution in [3.63, 3.8) is 0 Å². The summed E-state index contributed by atoms with van der Waals surface area (Å²) in [6.07, 6.45) is 0. The zero-order valence-corrected chi connectivity index (χ0v) is 19.2. The smallest absolute Gasteiger partial charge is 0.246 e. The molecule has 4 unspecified atom stereocenters. The van der Waals surface area contributed by atoms with Crippen LogP contribution >= 0.6 is 0 Å². The molecule has 0 aromatic heterocycles. The molecule has 8 heteroatoms. The van der Waals surface area contributed by atoms with E-state index in [9.17, 15) is 9.90 Å². The number of benzene rings is 3. The Bertz CT molecular complexity index is 1200. The summed E-state index contributed by atoms with van der Waals surface area (Å²) in [5.74, 6) is 1.70.